The molecule has 142 valence electrons. The first-order chi connectivity index (χ1) is 12.2. The number of hydrogen-bond acceptors (Lipinski definition) is 7. The van der Waals surface area contributed by atoms with Crippen molar-refractivity contribution >= 4 is 36.2 Å². The maximum Gasteiger partial charge on any atom is 0.303 e. The minimum absolute atomic E-state index is 0.181. The number of aldehydes is 1. The van der Waals surface area contributed by atoms with Crippen molar-refractivity contribution in [2.45, 2.75) is 57.4 Å². The van der Waals surface area contributed by atoms with E-state index < -0.39 is 5.97 Å². The zero-order chi connectivity index (χ0) is 18.2. The van der Waals surface area contributed by atoms with Crippen LogP contribution in [-0.4, -0.2) is 39.5 Å². The normalized spacial score (nSPS) is 15.5. The summed E-state index contributed by atoms with van der Waals surface area (Å²) in [6.45, 7) is 0.852. The number of unbranched alkanes of at least 4 members (excludes halogenated alkanes) is 4. The van der Waals surface area contributed by atoms with Crippen LogP contribution in [0.25, 0.3) is 0 Å². The summed E-state index contributed by atoms with van der Waals surface area (Å²) in [6.07, 6.45) is 13.9. The highest BCUT2D eigenvalue weighted by Crippen LogP contribution is 2.24. The summed E-state index contributed by atoms with van der Waals surface area (Å²) in [4.78, 5) is 21.0. The number of nitrogens with zero attached hydrogens (tertiary/aromatic N) is 1. The fourth-order valence-corrected chi connectivity index (χ4v) is 3.91. The molecule has 0 aromatic carbocycles. The second kappa shape index (κ2) is 15.3. The highest BCUT2D eigenvalue weighted by atomic mass is 32.2. The smallest absolute Gasteiger partial charge is 0.303 e. The number of rotatable bonds is 16. The Morgan fingerprint density at radius 1 is 1.28 bits per heavy atom. The average molecular weight is 388 g/mol. The Labute approximate surface area is 159 Å². The number of carboxylic acids is 1. The van der Waals surface area contributed by atoms with E-state index in [9.17, 15) is 9.59 Å². The lowest BCUT2D eigenvalue weighted by molar-refractivity contribution is -0.137. The van der Waals surface area contributed by atoms with Crippen molar-refractivity contribution in [2.24, 2.45) is 0 Å². The molecule has 1 heterocycles. The highest BCUT2D eigenvalue weighted by molar-refractivity contribution is 8.13. The van der Waals surface area contributed by atoms with Gasteiger partial charge in [-0.3, -0.25) is 4.79 Å². The first kappa shape index (κ1) is 22.1. The third-order valence-electron chi connectivity index (χ3n) is 3.61. The average Bonchev–Trinajstić information content (AvgIpc) is 3.11. The molecule has 0 aliphatic carbocycles. The summed E-state index contributed by atoms with van der Waals surface area (Å²) in [7, 11) is 0. The lowest BCUT2D eigenvalue weighted by Gasteiger charge is -2.20. The van der Waals surface area contributed by atoms with Crippen molar-refractivity contribution in [1.82, 2.24) is 14.6 Å². The Morgan fingerprint density at radius 3 is 2.80 bits per heavy atom. The van der Waals surface area contributed by atoms with Gasteiger partial charge in [-0.2, -0.15) is 0 Å². The number of nitrogens with one attached hydrogen (secondary N) is 2. The van der Waals surface area contributed by atoms with Gasteiger partial charge in [0.2, 0.25) is 0 Å². The van der Waals surface area contributed by atoms with Crippen molar-refractivity contribution in [3.05, 3.63) is 23.8 Å². The lowest BCUT2D eigenvalue weighted by atomic mass is 10.1. The Bertz CT molecular complexity index is 425. The molecule has 0 saturated carbocycles. The van der Waals surface area contributed by atoms with E-state index in [1.807, 2.05) is 15.4 Å². The Balaban J connectivity index is 2.11. The monoisotopic (exact) mass is 387 g/mol. The minimum Gasteiger partial charge on any atom is -0.481 e. The van der Waals surface area contributed by atoms with E-state index in [1.54, 1.807) is 23.9 Å². The van der Waals surface area contributed by atoms with Gasteiger partial charge in [0.15, 0.2) is 0 Å². The quantitative estimate of drug-likeness (QED) is 0.161. The Morgan fingerprint density at radius 2 is 2.08 bits per heavy atom. The molecule has 0 fully saturated rings. The van der Waals surface area contributed by atoms with Crippen LogP contribution in [-0.2, 0) is 9.59 Å². The number of allylic oxidation sites excluding steroid dienone is 1. The molecule has 0 unspecified atom stereocenters. The van der Waals surface area contributed by atoms with Gasteiger partial charge in [-0.05, 0) is 62.5 Å². The number of hydrogen-bond donors (Lipinski definition) is 3. The number of carbonyl (C=O) groups excluding carboxylic acids is 1. The molecule has 1 atom stereocenters. The molecule has 25 heavy (non-hydrogen) atoms. The number of carboxylic acid groups (broad SMARTS) is 1. The largest absolute Gasteiger partial charge is 0.481 e. The summed E-state index contributed by atoms with van der Waals surface area (Å²) < 4.78 is 1.96. The zero-order valence-corrected chi connectivity index (χ0v) is 16.2. The van der Waals surface area contributed by atoms with Gasteiger partial charge in [0.05, 0.1) is 0 Å². The van der Waals surface area contributed by atoms with Crippen LogP contribution in [0.4, 0.5) is 0 Å². The summed E-state index contributed by atoms with van der Waals surface area (Å²) >= 11 is 3.23. The molecular formula is C17H29N3O3S2. The van der Waals surface area contributed by atoms with Gasteiger partial charge in [0.25, 0.3) is 0 Å². The van der Waals surface area contributed by atoms with Crippen LogP contribution in [0.5, 0.6) is 0 Å². The Hall–Kier alpha value is -0.960. The van der Waals surface area contributed by atoms with Crippen molar-refractivity contribution in [1.29, 1.82) is 0 Å². The number of carbonyl (C=O) groups is 2. The lowest BCUT2D eigenvalue weighted by Crippen LogP contribution is -2.34. The van der Waals surface area contributed by atoms with Gasteiger partial charge < -0.3 is 20.6 Å². The van der Waals surface area contributed by atoms with Crippen molar-refractivity contribution in [3.63, 3.8) is 0 Å². The fourth-order valence-electron chi connectivity index (χ4n) is 2.25. The van der Waals surface area contributed by atoms with E-state index in [4.69, 9.17) is 5.11 Å². The molecule has 0 radical (unpaired) electrons. The summed E-state index contributed by atoms with van der Waals surface area (Å²) in [5.74, 6) is 0.0803. The van der Waals surface area contributed by atoms with E-state index in [0.717, 1.165) is 50.7 Å². The number of hydrazine groups is 1. The highest BCUT2D eigenvalue weighted by Gasteiger charge is 2.14. The molecule has 0 saturated heterocycles. The minimum atomic E-state index is -0.749. The molecule has 6 nitrogen and oxygen atoms in total. The van der Waals surface area contributed by atoms with Crippen LogP contribution in [0.15, 0.2) is 23.8 Å². The van der Waals surface area contributed by atoms with Crippen LogP contribution < -0.4 is 10.7 Å². The third-order valence-corrected chi connectivity index (χ3v) is 5.63. The molecule has 8 heteroatoms. The molecule has 0 bridgehead atoms. The van der Waals surface area contributed by atoms with Crippen LogP contribution in [0.1, 0.15) is 51.4 Å². The molecule has 0 aromatic rings. The second-order valence-electron chi connectivity index (χ2n) is 5.74. The first-order valence-electron chi connectivity index (χ1n) is 8.77. The molecule has 1 rings (SSSR count). The van der Waals surface area contributed by atoms with Crippen LogP contribution in [0.3, 0.4) is 0 Å². The molecule has 0 amide bonds. The van der Waals surface area contributed by atoms with E-state index >= 15 is 0 Å². The summed E-state index contributed by atoms with van der Waals surface area (Å²) in [5, 5.41) is 14.3. The fraction of sp³-hybridized carbons (Fsp3) is 0.647. The second-order valence-corrected chi connectivity index (χ2v) is 7.77. The standard InChI is InChI=1S/C17H29N3O3S2/c21-13-8-6-4-2-1-3-5-7-11-18-16(9-10-17(22)23)15-25-20-19-12-14-24-20/h3,5,12-14,16,18-19H,1-2,4,6-11,15H2,(H,22,23)/b5-3+/t16-/m0/s1. The van der Waals surface area contributed by atoms with Gasteiger partial charge >= 0.3 is 5.97 Å². The van der Waals surface area contributed by atoms with Crippen molar-refractivity contribution in [3.8, 4) is 0 Å². The van der Waals surface area contributed by atoms with E-state index in [1.165, 1.54) is 0 Å². The Kier molecular flexibility index (Phi) is 13.5. The van der Waals surface area contributed by atoms with Gasteiger partial charge in [-0.1, -0.05) is 18.6 Å². The van der Waals surface area contributed by atoms with Gasteiger partial charge in [0, 0.05) is 36.2 Å². The molecule has 1 aliphatic heterocycles. The SMILES string of the molecule is O=CCCCCC/C=C/CCN[C@@H](CCC(=O)O)CSN1NC=CS1. The first-order valence-corrected chi connectivity index (χ1v) is 10.5. The van der Waals surface area contributed by atoms with E-state index in [-0.39, 0.29) is 12.5 Å². The summed E-state index contributed by atoms with van der Waals surface area (Å²) in [6, 6.07) is 0.181. The van der Waals surface area contributed by atoms with E-state index in [0.29, 0.717) is 12.8 Å². The van der Waals surface area contributed by atoms with E-state index in [2.05, 4.69) is 22.9 Å². The molecule has 0 spiro atoms. The topological polar surface area (TPSA) is 81.7 Å². The van der Waals surface area contributed by atoms with Gasteiger partial charge in [0.1, 0.15) is 6.29 Å². The maximum atomic E-state index is 10.8. The molecule has 0 aromatic heterocycles. The summed E-state index contributed by atoms with van der Waals surface area (Å²) in [5.41, 5.74) is 3.09. The van der Waals surface area contributed by atoms with Crippen molar-refractivity contribution in [2.75, 3.05) is 12.3 Å². The molecule has 3 N–H and O–H groups in total. The molecular weight excluding hydrogens is 358 g/mol. The predicted molar refractivity (Wildman–Crippen MR) is 106 cm³/mol. The zero-order valence-electron chi connectivity index (χ0n) is 14.6. The molecule has 1 aliphatic rings. The van der Waals surface area contributed by atoms with Gasteiger partial charge in [-0.25, -0.2) is 0 Å². The van der Waals surface area contributed by atoms with Crippen LogP contribution >= 0.6 is 23.9 Å². The number of aliphatic carboxylic acids is 1. The van der Waals surface area contributed by atoms with Crippen LogP contribution in [0.2, 0.25) is 0 Å². The van der Waals surface area contributed by atoms with Gasteiger partial charge in [-0.15, -0.1) is 3.82 Å². The predicted octanol–water partition coefficient (Wildman–Crippen LogP) is 3.49. The van der Waals surface area contributed by atoms with Crippen LogP contribution in [0, 0.1) is 0 Å². The van der Waals surface area contributed by atoms with Crippen molar-refractivity contribution < 1.29 is 14.7 Å². The maximum absolute atomic E-state index is 10.8. The third kappa shape index (κ3) is 13.0.